The maximum absolute atomic E-state index is 12.5. The number of piperidine rings is 1. The molecule has 100 valence electrons. The molecule has 17 heavy (non-hydrogen) atoms. The Labute approximate surface area is 104 Å². The highest BCUT2D eigenvalue weighted by atomic mass is 32.2. The summed E-state index contributed by atoms with van der Waals surface area (Å²) >= 11 is 0. The van der Waals surface area contributed by atoms with Gasteiger partial charge in [0.15, 0.2) is 0 Å². The first kappa shape index (κ1) is 13.3. The third kappa shape index (κ3) is 2.23. The summed E-state index contributed by atoms with van der Waals surface area (Å²) in [7, 11) is -3.27. The van der Waals surface area contributed by atoms with E-state index in [9.17, 15) is 8.42 Å². The van der Waals surface area contributed by atoms with Gasteiger partial charge in [0.2, 0.25) is 0 Å². The van der Waals surface area contributed by atoms with Crippen molar-refractivity contribution in [1.82, 2.24) is 8.61 Å². The molecule has 6 heteroatoms. The summed E-state index contributed by atoms with van der Waals surface area (Å²) in [5, 5.41) is 0. The summed E-state index contributed by atoms with van der Waals surface area (Å²) in [6.45, 7) is 4.86. The summed E-state index contributed by atoms with van der Waals surface area (Å²) < 4.78 is 28.3. The second kappa shape index (κ2) is 4.84. The Hall–Kier alpha value is -0.170. The van der Waals surface area contributed by atoms with E-state index in [2.05, 4.69) is 0 Å². The molecule has 5 nitrogen and oxygen atoms in total. The standard InChI is InChI=1S/C11H23N3O2S/c1-3-13(4-2)17(15,16)14-10-5-6-11(14)8-9(12)7-10/h9-11H,3-8,12H2,1-2H3. The van der Waals surface area contributed by atoms with Gasteiger partial charge in [-0.1, -0.05) is 13.8 Å². The van der Waals surface area contributed by atoms with E-state index in [0.717, 1.165) is 25.7 Å². The Bertz CT molecular complexity index is 353. The van der Waals surface area contributed by atoms with Gasteiger partial charge < -0.3 is 5.73 Å². The fraction of sp³-hybridized carbons (Fsp3) is 1.00. The number of nitrogens with zero attached hydrogens (tertiary/aromatic N) is 2. The minimum Gasteiger partial charge on any atom is -0.328 e. The molecule has 2 bridgehead atoms. The van der Waals surface area contributed by atoms with Crippen molar-refractivity contribution < 1.29 is 8.42 Å². The second-order valence-electron chi connectivity index (χ2n) is 5.04. The maximum Gasteiger partial charge on any atom is 0.282 e. The average Bonchev–Trinajstić information content (AvgIpc) is 2.54. The van der Waals surface area contributed by atoms with Crippen molar-refractivity contribution in [3.63, 3.8) is 0 Å². The Morgan fingerprint density at radius 3 is 2.06 bits per heavy atom. The highest BCUT2D eigenvalue weighted by Crippen LogP contribution is 2.37. The molecule has 2 unspecified atom stereocenters. The van der Waals surface area contributed by atoms with Gasteiger partial charge in [-0.2, -0.15) is 17.0 Å². The van der Waals surface area contributed by atoms with Gasteiger partial charge in [0, 0.05) is 31.2 Å². The van der Waals surface area contributed by atoms with E-state index in [0.29, 0.717) is 13.1 Å². The van der Waals surface area contributed by atoms with Crippen molar-refractivity contribution in [2.24, 2.45) is 5.73 Å². The van der Waals surface area contributed by atoms with Gasteiger partial charge in [0.05, 0.1) is 0 Å². The van der Waals surface area contributed by atoms with Crippen LogP contribution in [0.4, 0.5) is 0 Å². The lowest BCUT2D eigenvalue weighted by atomic mass is 10.0. The first-order valence-electron chi connectivity index (χ1n) is 6.54. The fourth-order valence-electron chi connectivity index (χ4n) is 3.24. The SMILES string of the molecule is CCN(CC)S(=O)(=O)N1C2CCC1CC(N)C2. The zero-order valence-corrected chi connectivity index (χ0v) is 11.5. The molecule has 2 N–H and O–H groups in total. The van der Waals surface area contributed by atoms with Gasteiger partial charge in [-0.25, -0.2) is 0 Å². The van der Waals surface area contributed by atoms with E-state index >= 15 is 0 Å². The lowest BCUT2D eigenvalue weighted by Gasteiger charge is -2.39. The summed E-state index contributed by atoms with van der Waals surface area (Å²) in [4.78, 5) is 0. The molecule has 2 heterocycles. The molecular formula is C11H23N3O2S. The van der Waals surface area contributed by atoms with E-state index in [-0.39, 0.29) is 18.1 Å². The lowest BCUT2D eigenvalue weighted by Crippen LogP contribution is -2.54. The number of fused-ring (bicyclic) bond motifs is 2. The summed E-state index contributed by atoms with van der Waals surface area (Å²) in [6, 6.07) is 0.444. The molecule has 2 atom stereocenters. The van der Waals surface area contributed by atoms with Crippen molar-refractivity contribution >= 4 is 10.2 Å². The third-order valence-corrected chi connectivity index (χ3v) is 6.30. The molecule has 2 aliphatic heterocycles. The molecule has 2 aliphatic rings. The fourth-order valence-corrected chi connectivity index (χ4v) is 5.29. The Morgan fingerprint density at radius 1 is 1.18 bits per heavy atom. The van der Waals surface area contributed by atoms with E-state index in [1.54, 1.807) is 8.61 Å². The van der Waals surface area contributed by atoms with Crippen LogP contribution in [0.3, 0.4) is 0 Å². The first-order valence-corrected chi connectivity index (χ1v) is 7.94. The summed E-state index contributed by atoms with van der Waals surface area (Å²) in [6.07, 6.45) is 3.58. The van der Waals surface area contributed by atoms with Crippen LogP contribution >= 0.6 is 0 Å². The predicted octanol–water partition coefficient (Wildman–Crippen LogP) is 0.527. The summed E-state index contributed by atoms with van der Waals surface area (Å²) in [5.41, 5.74) is 5.97. The van der Waals surface area contributed by atoms with Crippen LogP contribution < -0.4 is 5.73 Å². The highest BCUT2D eigenvalue weighted by Gasteiger charge is 2.47. The Morgan fingerprint density at radius 2 is 1.65 bits per heavy atom. The van der Waals surface area contributed by atoms with Gasteiger partial charge in [-0.05, 0) is 25.7 Å². The molecule has 2 saturated heterocycles. The predicted molar refractivity (Wildman–Crippen MR) is 67.7 cm³/mol. The van der Waals surface area contributed by atoms with E-state index in [1.165, 1.54) is 0 Å². The van der Waals surface area contributed by atoms with Gasteiger partial charge in [-0.3, -0.25) is 0 Å². The van der Waals surface area contributed by atoms with E-state index < -0.39 is 10.2 Å². The molecule has 0 radical (unpaired) electrons. The maximum atomic E-state index is 12.5. The molecule has 0 aromatic rings. The Kier molecular flexibility index (Phi) is 3.77. The smallest absolute Gasteiger partial charge is 0.282 e. The number of rotatable bonds is 4. The van der Waals surface area contributed by atoms with Crippen LogP contribution in [-0.4, -0.2) is 48.2 Å². The van der Waals surface area contributed by atoms with Crippen LogP contribution in [0.1, 0.15) is 39.5 Å². The van der Waals surface area contributed by atoms with Crippen LogP contribution in [0, 0.1) is 0 Å². The molecule has 2 fully saturated rings. The van der Waals surface area contributed by atoms with E-state index in [1.807, 2.05) is 13.8 Å². The van der Waals surface area contributed by atoms with Gasteiger partial charge in [0.1, 0.15) is 0 Å². The average molecular weight is 261 g/mol. The van der Waals surface area contributed by atoms with Crippen LogP contribution in [0.25, 0.3) is 0 Å². The normalized spacial score (nSPS) is 34.5. The minimum atomic E-state index is -3.27. The van der Waals surface area contributed by atoms with Crippen molar-refractivity contribution in [3.8, 4) is 0 Å². The molecular weight excluding hydrogens is 238 g/mol. The minimum absolute atomic E-state index is 0.134. The largest absolute Gasteiger partial charge is 0.328 e. The lowest BCUT2D eigenvalue weighted by molar-refractivity contribution is 0.211. The van der Waals surface area contributed by atoms with E-state index in [4.69, 9.17) is 5.73 Å². The number of nitrogens with two attached hydrogens (primary N) is 1. The van der Waals surface area contributed by atoms with Crippen molar-refractivity contribution in [2.45, 2.75) is 57.7 Å². The zero-order valence-electron chi connectivity index (χ0n) is 10.7. The molecule has 0 aliphatic carbocycles. The monoisotopic (exact) mass is 261 g/mol. The van der Waals surface area contributed by atoms with Crippen molar-refractivity contribution in [1.29, 1.82) is 0 Å². The van der Waals surface area contributed by atoms with Crippen molar-refractivity contribution in [3.05, 3.63) is 0 Å². The summed E-state index contributed by atoms with van der Waals surface area (Å²) in [5.74, 6) is 0. The highest BCUT2D eigenvalue weighted by molar-refractivity contribution is 7.86. The molecule has 0 saturated carbocycles. The molecule has 0 amide bonds. The van der Waals surface area contributed by atoms with Crippen LogP contribution in [0.5, 0.6) is 0 Å². The molecule has 0 aromatic heterocycles. The second-order valence-corrected chi connectivity index (χ2v) is 6.87. The quantitative estimate of drug-likeness (QED) is 0.802. The number of hydrogen-bond acceptors (Lipinski definition) is 3. The first-order chi connectivity index (χ1) is 8.00. The van der Waals surface area contributed by atoms with Gasteiger partial charge in [0.25, 0.3) is 10.2 Å². The van der Waals surface area contributed by atoms with Gasteiger partial charge in [-0.15, -0.1) is 0 Å². The molecule has 2 rings (SSSR count). The third-order valence-electron chi connectivity index (χ3n) is 4.00. The van der Waals surface area contributed by atoms with Crippen molar-refractivity contribution in [2.75, 3.05) is 13.1 Å². The molecule has 0 aromatic carbocycles. The Balaban J connectivity index is 2.23. The number of hydrogen-bond donors (Lipinski definition) is 1. The van der Waals surface area contributed by atoms with Gasteiger partial charge >= 0.3 is 0 Å². The topological polar surface area (TPSA) is 66.6 Å². The van der Waals surface area contributed by atoms with Crippen LogP contribution in [-0.2, 0) is 10.2 Å². The van der Waals surface area contributed by atoms with Crippen LogP contribution in [0.15, 0.2) is 0 Å². The zero-order chi connectivity index (χ0) is 12.6. The molecule has 0 spiro atoms. The van der Waals surface area contributed by atoms with Crippen LogP contribution in [0.2, 0.25) is 0 Å².